The zero-order chi connectivity index (χ0) is 56.1. The van der Waals surface area contributed by atoms with Gasteiger partial charge in [-0.05, 0) is 117 Å². The van der Waals surface area contributed by atoms with E-state index in [1.807, 2.05) is 72.8 Å². The van der Waals surface area contributed by atoms with E-state index < -0.39 is 0 Å². The van der Waals surface area contributed by atoms with Gasteiger partial charge in [0.05, 0.1) is 38.1 Å². The van der Waals surface area contributed by atoms with Crippen LogP contribution in [0.25, 0.3) is 0 Å². The summed E-state index contributed by atoms with van der Waals surface area (Å²) in [6, 6.07) is 37.1. The first-order valence-corrected chi connectivity index (χ1v) is 29.2. The minimum absolute atomic E-state index is 0. The van der Waals surface area contributed by atoms with Crippen LogP contribution in [0.4, 0.5) is 5.69 Å². The Hall–Kier alpha value is -2.49. The second-order valence-electron chi connectivity index (χ2n) is 20.8. The predicted octanol–water partition coefficient (Wildman–Crippen LogP) is 3.51. The van der Waals surface area contributed by atoms with Crippen LogP contribution in [0.3, 0.4) is 0 Å². The molecule has 10 rings (SSSR count). The van der Waals surface area contributed by atoms with E-state index in [1.165, 1.54) is 30.4 Å². The molecule has 0 aromatic heterocycles. The molecule has 4 saturated carbocycles. The first kappa shape index (κ1) is 69.3. The SMILES string of the molecule is CCOC(=O)CCC(=O)N(C1CC1)C1c2ccccc2CC2CCCC21.CCOC(=O)CCC(=O)N(C1CC1)C1c2ccccc2N(CC(=O)OCc2ccccc2)C2CCCC21.O=C(CBr)OCc1ccccc1.O=CO[O-].[Cs+].[Cs+].[H-]. The Labute approximate surface area is 604 Å². The molecule has 0 N–H and O–H groups in total. The van der Waals surface area contributed by atoms with Crippen LogP contribution >= 0.6 is 15.9 Å². The van der Waals surface area contributed by atoms with E-state index in [9.17, 15) is 28.8 Å². The van der Waals surface area contributed by atoms with Gasteiger partial charge in [0, 0.05) is 42.6 Å². The summed E-state index contributed by atoms with van der Waals surface area (Å²) in [4.78, 5) is 91.7. The number of rotatable bonds is 20. The molecule has 426 valence electrons. The maximum Gasteiger partial charge on any atom is 1.00 e. The van der Waals surface area contributed by atoms with Crippen LogP contribution < -0.4 is 148 Å². The van der Waals surface area contributed by atoms with Gasteiger partial charge in [-0.1, -0.05) is 132 Å². The van der Waals surface area contributed by atoms with Crippen molar-refractivity contribution in [3.63, 3.8) is 0 Å². The standard InChI is InChI=1S/C30H36N2O5.C22H29NO3.C9H9BrO2.CH2O3.2Cs.H/c1-2-36-28(34)18-17-27(33)32(22-15-16-22)30-23-11-6-7-13-25(23)31(26-14-8-12-24(26)30)19-29(35)37-20-21-9-4-3-5-10-21;1-2-26-21(25)13-12-20(24)23(17-10-11-17)22-18-8-4-3-6-15(18)14-16-7-5-9-19(16)22;10-6-9(11)12-7-8-4-2-1-3-5-8;2-1-4-3;;;/h3-7,9-11,13,22,24,26,30H,2,8,12,14-20H2,1H3;3-4,6,8,16-17,19,22H,2,5,7,9-14H2,1H3;1-5H,6-7H2;1,3H;;;/q;;;;2*+1;-1/p-1. The molecule has 4 aromatic carbocycles. The first-order valence-electron chi connectivity index (χ1n) is 28.0. The molecule has 81 heavy (non-hydrogen) atoms. The number of hydrogen-bond acceptors (Lipinski definition) is 14. The molecule has 0 spiro atoms. The van der Waals surface area contributed by atoms with Crippen LogP contribution in [0, 0.1) is 17.8 Å². The molecular formula is C62H76BrCs2N3O13. The number of para-hydroxylation sites is 1. The quantitative estimate of drug-likeness (QED) is 0.0311. The zero-order valence-electron chi connectivity index (χ0n) is 48.5. The minimum Gasteiger partial charge on any atom is -1.00 e. The van der Waals surface area contributed by atoms with E-state index in [4.69, 9.17) is 29.0 Å². The predicted molar refractivity (Wildman–Crippen MR) is 297 cm³/mol. The van der Waals surface area contributed by atoms with Gasteiger partial charge in [-0.25, -0.2) is 0 Å². The summed E-state index contributed by atoms with van der Waals surface area (Å²) in [5, 5.41) is 8.68. The monoisotopic (exact) mass is 1420 g/mol. The van der Waals surface area contributed by atoms with Crippen LogP contribution in [0.5, 0.6) is 0 Å². The molecule has 1 heterocycles. The number of ether oxygens (including phenoxy) is 4. The van der Waals surface area contributed by atoms with Gasteiger partial charge in [0.1, 0.15) is 25.1 Å². The van der Waals surface area contributed by atoms with Gasteiger partial charge in [-0.15, -0.1) is 0 Å². The molecule has 6 atom stereocenters. The number of halogens is 1. The fourth-order valence-electron chi connectivity index (χ4n) is 12.0. The van der Waals surface area contributed by atoms with Crippen molar-refractivity contribution in [2.24, 2.45) is 17.8 Å². The molecule has 0 radical (unpaired) electrons. The van der Waals surface area contributed by atoms with Gasteiger partial charge >= 0.3 is 162 Å². The Balaban J connectivity index is 0.000000279. The summed E-state index contributed by atoms with van der Waals surface area (Å²) in [6.45, 7) is 4.90. The van der Waals surface area contributed by atoms with Gasteiger partial charge < -0.3 is 45.2 Å². The normalized spacial score (nSPS) is 20.3. The third kappa shape index (κ3) is 20.6. The van der Waals surface area contributed by atoms with Crippen molar-refractivity contribution in [1.82, 2.24) is 9.80 Å². The first-order chi connectivity index (χ1) is 38.5. The van der Waals surface area contributed by atoms with Crippen LogP contribution in [0.2, 0.25) is 0 Å². The summed E-state index contributed by atoms with van der Waals surface area (Å²) in [6.07, 6.45) is 12.9. The van der Waals surface area contributed by atoms with E-state index in [0.29, 0.717) is 37.7 Å². The average molecular weight is 1420 g/mol. The van der Waals surface area contributed by atoms with E-state index in [0.717, 1.165) is 73.7 Å². The van der Waals surface area contributed by atoms with Crippen molar-refractivity contribution in [2.75, 3.05) is 30.0 Å². The number of esters is 4. The van der Waals surface area contributed by atoms with Crippen LogP contribution in [-0.2, 0) is 77.0 Å². The number of alkyl halides is 1. The molecule has 1 aliphatic heterocycles. The molecule has 5 aliphatic carbocycles. The Morgan fingerprint density at radius 1 is 0.580 bits per heavy atom. The second kappa shape index (κ2) is 36.5. The molecule has 4 fully saturated rings. The van der Waals surface area contributed by atoms with E-state index in [1.54, 1.807) is 13.8 Å². The number of anilines is 1. The van der Waals surface area contributed by atoms with Crippen molar-refractivity contribution in [3.8, 4) is 0 Å². The third-order valence-corrected chi connectivity index (χ3v) is 16.0. The Kier molecular flexibility index (Phi) is 31.2. The summed E-state index contributed by atoms with van der Waals surface area (Å²) < 4.78 is 20.6. The van der Waals surface area contributed by atoms with Crippen LogP contribution in [-0.4, -0.2) is 95.2 Å². The van der Waals surface area contributed by atoms with Gasteiger partial charge in [0.25, 0.3) is 6.47 Å². The molecular weight excluding hydrogens is 1340 g/mol. The van der Waals surface area contributed by atoms with Crippen molar-refractivity contribution < 1.29 is 202 Å². The van der Waals surface area contributed by atoms with E-state index in [2.05, 4.69) is 71.9 Å². The number of nitrogens with zero attached hydrogens (tertiary/aromatic N) is 3. The third-order valence-electron chi connectivity index (χ3n) is 15.6. The molecule has 4 aromatic rings. The summed E-state index contributed by atoms with van der Waals surface area (Å²) in [7, 11) is 0. The Bertz CT molecular complexity index is 2650. The Morgan fingerprint density at radius 2 is 1.05 bits per heavy atom. The van der Waals surface area contributed by atoms with Crippen molar-refractivity contribution in [3.05, 3.63) is 137 Å². The van der Waals surface area contributed by atoms with Crippen molar-refractivity contribution in [2.45, 2.75) is 154 Å². The molecule has 2 amide bonds. The number of hydrogen-bond donors (Lipinski definition) is 0. The van der Waals surface area contributed by atoms with Gasteiger partial charge in [-0.2, -0.15) is 0 Å². The number of benzene rings is 4. The zero-order valence-corrected chi connectivity index (χ0v) is 61.6. The molecule has 0 bridgehead atoms. The minimum atomic E-state index is -0.324. The number of amides is 2. The molecule has 19 heteroatoms. The average Bonchev–Trinajstić information content (AvgIpc) is 4.59. The topological polar surface area (TPSA) is 198 Å². The molecule has 0 saturated heterocycles. The van der Waals surface area contributed by atoms with Gasteiger partial charge in [-0.3, -0.25) is 33.6 Å². The second-order valence-corrected chi connectivity index (χ2v) is 21.4. The summed E-state index contributed by atoms with van der Waals surface area (Å²) >= 11 is 3.01. The number of carbonyl (C=O) groups excluding carboxylic acids is 7. The number of carbonyl (C=O) groups is 7. The molecule has 6 unspecified atom stereocenters. The Morgan fingerprint density at radius 3 is 1.57 bits per heavy atom. The largest absolute Gasteiger partial charge is 1.00 e. The fourth-order valence-corrected chi connectivity index (χ4v) is 12.2. The maximum atomic E-state index is 13.5. The smallest absolute Gasteiger partial charge is 1.00 e. The van der Waals surface area contributed by atoms with Crippen molar-refractivity contribution in [1.29, 1.82) is 0 Å². The van der Waals surface area contributed by atoms with Crippen molar-refractivity contribution >= 4 is 63.8 Å². The van der Waals surface area contributed by atoms with Gasteiger partial charge in [0.15, 0.2) is 0 Å². The summed E-state index contributed by atoms with van der Waals surface area (Å²) in [5.74, 6) is 0.611. The van der Waals surface area contributed by atoms with Crippen LogP contribution in [0.15, 0.2) is 109 Å². The van der Waals surface area contributed by atoms with E-state index >= 15 is 0 Å². The number of fused-ring (bicyclic) bond motifs is 4. The van der Waals surface area contributed by atoms with Crippen LogP contribution in [0.1, 0.15) is 145 Å². The van der Waals surface area contributed by atoms with Gasteiger partial charge in [0.2, 0.25) is 11.8 Å². The molecule has 6 aliphatic rings. The van der Waals surface area contributed by atoms with E-state index in [-0.39, 0.29) is 256 Å². The molecule has 16 nitrogen and oxygen atoms in total. The fraction of sp³-hybridized carbons (Fsp3) is 0.500. The summed E-state index contributed by atoms with van der Waals surface area (Å²) in [5.41, 5.74) is 6.85. The maximum absolute atomic E-state index is 13.5.